The minimum Gasteiger partial charge on any atom is -0.449 e. The number of ether oxygens (including phenoxy) is 1. The van der Waals surface area contributed by atoms with E-state index in [1.165, 1.54) is 31.2 Å². The van der Waals surface area contributed by atoms with Crippen LogP contribution in [-0.2, 0) is 19.4 Å². The predicted molar refractivity (Wildman–Crippen MR) is 105 cm³/mol. The lowest BCUT2D eigenvalue weighted by atomic mass is 10.2. The molecule has 0 saturated carbocycles. The zero-order valence-electron chi connectivity index (χ0n) is 14.1. The van der Waals surface area contributed by atoms with Gasteiger partial charge in [-0.05, 0) is 43.3 Å². The second-order valence-corrected chi connectivity index (χ2v) is 8.84. The van der Waals surface area contributed by atoms with Crippen molar-refractivity contribution in [2.75, 3.05) is 11.6 Å². The third-order valence-corrected chi connectivity index (χ3v) is 5.43. The minimum atomic E-state index is -3.54. The number of esters is 1. The van der Waals surface area contributed by atoms with Gasteiger partial charge in [-0.2, -0.15) is 0 Å². The van der Waals surface area contributed by atoms with E-state index >= 15 is 0 Å². The van der Waals surface area contributed by atoms with Crippen LogP contribution >= 0.6 is 34.8 Å². The average molecular weight is 451 g/mol. The fraction of sp³-hybridized carbons (Fsp3) is 0.176. The molecule has 2 aromatic carbocycles. The van der Waals surface area contributed by atoms with Gasteiger partial charge in [-0.1, -0.05) is 34.8 Å². The molecule has 0 heterocycles. The lowest BCUT2D eigenvalue weighted by molar-refractivity contribution is -0.123. The second-order valence-electron chi connectivity index (χ2n) is 5.57. The molecule has 1 amide bonds. The number of carbonyl (C=O) groups excluding carboxylic acids is 2. The Morgan fingerprint density at radius 1 is 1.04 bits per heavy atom. The van der Waals surface area contributed by atoms with Crippen LogP contribution in [0.25, 0.3) is 0 Å². The fourth-order valence-electron chi connectivity index (χ4n) is 2.00. The summed E-state index contributed by atoms with van der Waals surface area (Å²) in [7, 11) is -3.54. The Bertz CT molecular complexity index is 1010. The molecule has 1 atom stereocenters. The second kappa shape index (κ2) is 8.48. The maximum absolute atomic E-state index is 12.3. The van der Waals surface area contributed by atoms with Crippen LogP contribution in [0.2, 0.25) is 15.1 Å². The molecule has 0 aliphatic heterocycles. The van der Waals surface area contributed by atoms with Crippen LogP contribution in [-0.4, -0.2) is 32.7 Å². The third kappa shape index (κ3) is 5.59. The monoisotopic (exact) mass is 449 g/mol. The van der Waals surface area contributed by atoms with E-state index in [9.17, 15) is 18.0 Å². The van der Waals surface area contributed by atoms with E-state index in [4.69, 9.17) is 39.5 Å². The van der Waals surface area contributed by atoms with Crippen LogP contribution in [0.15, 0.2) is 41.3 Å². The van der Waals surface area contributed by atoms with Crippen molar-refractivity contribution in [2.24, 2.45) is 0 Å². The minimum absolute atomic E-state index is 0.00195. The SMILES string of the molecule is CC(OC(=O)c1cc(S(C)(=O)=O)ccc1Cl)C(=O)Nc1cc(Cl)ccc1Cl. The van der Waals surface area contributed by atoms with Gasteiger partial charge >= 0.3 is 5.97 Å². The fourth-order valence-corrected chi connectivity index (χ4v) is 3.18. The van der Waals surface area contributed by atoms with Crippen LogP contribution in [0, 0.1) is 0 Å². The first-order chi connectivity index (χ1) is 12.5. The zero-order chi connectivity index (χ0) is 20.4. The van der Waals surface area contributed by atoms with Gasteiger partial charge < -0.3 is 10.1 Å². The van der Waals surface area contributed by atoms with Gasteiger partial charge in [0.15, 0.2) is 15.9 Å². The Morgan fingerprint density at radius 2 is 1.67 bits per heavy atom. The molecule has 0 aromatic heterocycles. The molecule has 0 radical (unpaired) electrons. The number of nitrogens with one attached hydrogen (secondary N) is 1. The summed E-state index contributed by atoms with van der Waals surface area (Å²) in [5.41, 5.74) is 0.0919. The first-order valence-corrected chi connectivity index (χ1v) is 10.5. The average Bonchev–Trinajstić information content (AvgIpc) is 2.57. The molecule has 0 aliphatic rings. The lowest BCUT2D eigenvalue weighted by Crippen LogP contribution is -2.30. The third-order valence-electron chi connectivity index (χ3n) is 3.43. The molecule has 10 heteroatoms. The number of sulfone groups is 1. The van der Waals surface area contributed by atoms with Crippen LogP contribution in [0.1, 0.15) is 17.3 Å². The molecule has 1 N–H and O–H groups in total. The van der Waals surface area contributed by atoms with Crippen molar-refractivity contribution in [3.05, 3.63) is 57.0 Å². The summed E-state index contributed by atoms with van der Waals surface area (Å²) in [6.07, 6.45) is -0.207. The molecule has 6 nitrogen and oxygen atoms in total. The van der Waals surface area contributed by atoms with E-state index in [2.05, 4.69) is 5.32 Å². The number of amides is 1. The predicted octanol–water partition coefficient (Wildman–Crippen LogP) is 4.23. The topological polar surface area (TPSA) is 89.5 Å². The standard InChI is InChI=1S/C17H14Cl3NO5S/c1-9(16(22)21-15-7-10(18)3-5-14(15)20)26-17(23)12-8-11(27(2,24)25)4-6-13(12)19/h3-9H,1-2H3,(H,21,22). The summed E-state index contributed by atoms with van der Waals surface area (Å²) >= 11 is 17.8. The Morgan fingerprint density at radius 3 is 2.30 bits per heavy atom. The summed E-state index contributed by atoms with van der Waals surface area (Å²) < 4.78 is 28.3. The quantitative estimate of drug-likeness (QED) is 0.688. The van der Waals surface area contributed by atoms with Crippen LogP contribution in [0.3, 0.4) is 0 Å². The number of benzene rings is 2. The summed E-state index contributed by atoms with van der Waals surface area (Å²) in [5.74, 6) is -1.59. The molecule has 0 bridgehead atoms. The Balaban J connectivity index is 2.15. The van der Waals surface area contributed by atoms with Crippen molar-refractivity contribution < 1.29 is 22.7 Å². The van der Waals surface area contributed by atoms with E-state index in [0.717, 1.165) is 12.3 Å². The Kier molecular flexibility index (Phi) is 6.75. The molecule has 27 heavy (non-hydrogen) atoms. The maximum Gasteiger partial charge on any atom is 0.340 e. The molecule has 0 spiro atoms. The largest absolute Gasteiger partial charge is 0.449 e. The first-order valence-electron chi connectivity index (χ1n) is 7.45. The molecule has 1 unspecified atom stereocenters. The molecule has 2 rings (SSSR count). The molecule has 2 aromatic rings. The normalized spacial score (nSPS) is 12.3. The van der Waals surface area contributed by atoms with Crippen LogP contribution in [0.5, 0.6) is 0 Å². The number of halogens is 3. The van der Waals surface area contributed by atoms with Crippen LogP contribution in [0.4, 0.5) is 5.69 Å². The van der Waals surface area contributed by atoms with Gasteiger partial charge in [0.05, 0.1) is 26.2 Å². The maximum atomic E-state index is 12.3. The van der Waals surface area contributed by atoms with Crippen molar-refractivity contribution in [2.45, 2.75) is 17.9 Å². The van der Waals surface area contributed by atoms with E-state index in [-0.39, 0.29) is 26.2 Å². The van der Waals surface area contributed by atoms with Gasteiger partial charge in [0.25, 0.3) is 5.91 Å². The first kappa shape index (κ1) is 21.5. The highest BCUT2D eigenvalue weighted by molar-refractivity contribution is 7.90. The zero-order valence-corrected chi connectivity index (χ0v) is 17.2. The molecule has 0 saturated heterocycles. The van der Waals surface area contributed by atoms with Gasteiger partial charge in [0.2, 0.25) is 0 Å². The van der Waals surface area contributed by atoms with Crippen LogP contribution < -0.4 is 5.32 Å². The summed E-state index contributed by atoms with van der Waals surface area (Å²) in [5, 5.41) is 3.12. The molecular formula is C17H14Cl3NO5S. The Labute approximate surface area is 171 Å². The molecule has 144 valence electrons. The van der Waals surface area contributed by atoms with Gasteiger partial charge in [-0.25, -0.2) is 13.2 Å². The smallest absolute Gasteiger partial charge is 0.340 e. The van der Waals surface area contributed by atoms with Crippen molar-refractivity contribution in [3.63, 3.8) is 0 Å². The van der Waals surface area contributed by atoms with Gasteiger partial charge in [-0.3, -0.25) is 4.79 Å². The Hall–Kier alpha value is -1.80. The summed E-state index contributed by atoms with van der Waals surface area (Å²) in [6.45, 7) is 1.35. The van der Waals surface area contributed by atoms with E-state index in [1.54, 1.807) is 6.07 Å². The van der Waals surface area contributed by atoms with Gasteiger partial charge in [-0.15, -0.1) is 0 Å². The number of rotatable bonds is 5. The summed E-state index contributed by atoms with van der Waals surface area (Å²) in [4.78, 5) is 24.4. The number of anilines is 1. The van der Waals surface area contributed by atoms with E-state index in [0.29, 0.717) is 5.02 Å². The summed E-state index contributed by atoms with van der Waals surface area (Å²) in [6, 6.07) is 8.14. The van der Waals surface area contributed by atoms with Gasteiger partial charge in [0, 0.05) is 11.3 Å². The molecular weight excluding hydrogens is 437 g/mol. The molecule has 0 fully saturated rings. The lowest BCUT2D eigenvalue weighted by Gasteiger charge is -2.15. The van der Waals surface area contributed by atoms with Crippen molar-refractivity contribution in [3.8, 4) is 0 Å². The highest BCUT2D eigenvalue weighted by atomic mass is 35.5. The highest BCUT2D eigenvalue weighted by Crippen LogP contribution is 2.26. The molecule has 0 aliphatic carbocycles. The highest BCUT2D eigenvalue weighted by Gasteiger charge is 2.23. The van der Waals surface area contributed by atoms with Crippen molar-refractivity contribution >= 4 is 62.2 Å². The number of hydrogen-bond donors (Lipinski definition) is 1. The van der Waals surface area contributed by atoms with Crippen molar-refractivity contribution in [1.29, 1.82) is 0 Å². The van der Waals surface area contributed by atoms with Gasteiger partial charge in [0.1, 0.15) is 0 Å². The van der Waals surface area contributed by atoms with E-state index in [1.807, 2.05) is 0 Å². The van der Waals surface area contributed by atoms with E-state index < -0.39 is 27.8 Å². The van der Waals surface area contributed by atoms with Crippen molar-refractivity contribution in [1.82, 2.24) is 0 Å². The number of carbonyl (C=O) groups is 2. The number of hydrogen-bond acceptors (Lipinski definition) is 5.